The first kappa shape index (κ1) is 16.2. The summed E-state index contributed by atoms with van der Waals surface area (Å²) in [5, 5.41) is 13.8. The van der Waals surface area contributed by atoms with E-state index < -0.39 is 16.5 Å². The molecule has 0 saturated heterocycles. The number of nitro groups is 1. The number of fused-ring (bicyclic) bond motifs is 1. The van der Waals surface area contributed by atoms with E-state index in [1.54, 1.807) is 18.2 Å². The van der Waals surface area contributed by atoms with Crippen LogP contribution in [0, 0.1) is 10.1 Å². The molecule has 0 radical (unpaired) electrons. The Kier molecular flexibility index (Phi) is 4.17. The zero-order valence-corrected chi connectivity index (χ0v) is 13.0. The molecule has 1 N–H and O–H groups in total. The fourth-order valence-electron chi connectivity index (χ4n) is 2.27. The molecule has 0 atom stereocenters. The van der Waals surface area contributed by atoms with Crippen LogP contribution in [0.5, 0.6) is 5.75 Å². The van der Waals surface area contributed by atoms with Gasteiger partial charge in [-0.1, -0.05) is 6.07 Å². The molecule has 1 aromatic heterocycles. The van der Waals surface area contributed by atoms with Crippen LogP contribution in [-0.4, -0.2) is 17.9 Å². The smallest absolute Gasteiger partial charge is 0.349 e. The lowest BCUT2D eigenvalue weighted by atomic mass is 10.1. The standard InChI is InChI=1S/C17H12N2O6/c1-24-13-6-5-10-7-14(17(21)25-15(10)9-13)16(20)18-11-3-2-4-12(8-11)19(22)23/h2-9H,1H3,(H,18,20). The van der Waals surface area contributed by atoms with Crippen molar-refractivity contribution >= 4 is 28.3 Å². The number of nitro benzene ring substituents is 1. The molecule has 1 heterocycles. The van der Waals surface area contributed by atoms with Gasteiger partial charge in [0.15, 0.2) is 0 Å². The van der Waals surface area contributed by atoms with E-state index in [4.69, 9.17) is 9.15 Å². The summed E-state index contributed by atoms with van der Waals surface area (Å²) < 4.78 is 10.2. The minimum atomic E-state index is -0.816. The summed E-state index contributed by atoms with van der Waals surface area (Å²) in [6, 6.07) is 11.7. The zero-order chi connectivity index (χ0) is 18.0. The molecular formula is C17H12N2O6. The second-order valence-corrected chi connectivity index (χ2v) is 5.11. The van der Waals surface area contributed by atoms with Crippen molar-refractivity contribution < 1.29 is 18.9 Å². The van der Waals surface area contributed by atoms with Gasteiger partial charge in [-0.05, 0) is 24.3 Å². The number of carbonyl (C=O) groups excluding carboxylic acids is 1. The molecule has 3 rings (SSSR count). The SMILES string of the molecule is COc1ccc2cc(C(=O)Nc3cccc([N+](=O)[O-])c3)c(=O)oc2c1. The van der Waals surface area contributed by atoms with Gasteiger partial charge in [-0.25, -0.2) is 4.79 Å². The fourth-order valence-corrected chi connectivity index (χ4v) is 2.27. The van der Waals surface area contributed by atoms with E-state index in [1.807, 2.05) is 0 Å². The highest BCUT2D eigenvalue weighted by Crippen LogP contribution is 2.21. The molecule has 0 unspecified atom stereocenters. The molecule has 0 aliphatic rings. The van der Waals surface area contributed by atoms with Gasteiger partial charge in [-0.15, -0.1) is 0 Å². The molecule has 0 saturated carbocycles. The van der Waals surface area contributed by atoms with Gasteiger partial charge in [0.2, 0.25) is 0 Å². The summed E-state index contributed by atoms with van der Waals surface area (Å²) in [4.78, 5) is 34.6. The van der Waals surface area contributed by atoms with Gasteiger partial charge in [0.05, 0.1) is 12.0 Å². The maximum atomic E-state index is 12.3. The molecule has 0 bridgehead atoms. The van der Waals surface area contributed by atoms with Crippen LogP contribution >= 0.6 is 0 Å². The van der Waals surface area contributed by atoms with E-state index in [1.165, 1.54) is 37.4 Å². The second-order valence-electron chi connectivity index (χ2n) is 5.11. The average molecular weight is 340 g/mol. The summed E-state index contributed by atoms with van der Waals surface area (Å²) in [6.07, 6.45) is 0. The third kappa shape index (κ3) is 3.32. The number of carbonyl (C=O) groups is 1. The zero-order valence-electron chi connectivity index (χ0n) is 13.0. The van der Waals surface area contributed by atoms with Crippen LogP contribution in [0.15, 0.2) is 57.7 Å². The Morgan fingerprint density at radius 1 is 1.20 bits per heavy atom. The van der Waals surface area contributed by atoms with Crippen molar-refractivity contribution in [3.05, 3.63) is 74.6 Å². The van der Waals surface area contributed by atoms with Crippen LogP contribution in [0.2, 0.25) is 0 Å². The Bertz CT molecular complexity index is 1040. The predicted molar refractivity (Wildman–Crippen MR) is 90.1 cm³/mol. The molecule has 8 heteroatoms. The third-order valence-electron chi connectivity index (χ3n) is 3.50. The second kappa shape index (κ2) is 6.44. The first-order chi connectivity index (χ1) is 12.0. The lowest BCUT2D eigenvalue weighted by Gasteiger charge is -2.06. The van der Waals surface area contributed by atoms with Crippen molar-refractivity contribution in [1.82, 2.24) is 0 Å². The van der Waals surface area contributed by atoms with Crippen molar-refractivity contribution in [1.29, 1.82) is 0 Å². The number of amides is 1. The molecule has 126 valence electrons. The molecular weight excluding hydrogens is 328 g/mol. The minimum Gasteiger partial charge on any atom is -0.497 e. The molecule has 25 heavy (non-hydrogen) atoms. The van der Waals surface area contributed by atoms with Crippen LogP contribution in [0.25, 0.3) is 11.0 Å². The average Bonchev–Trinajstić information content (AvgIpc) is 2.60. The van der Waals surface area contributed by atoms with Crippen LogP contribution in [0.3, 0.4) is 0 Å². The molecule has 8 nitrogen and oxygen atoms in total. The maximum Gasteiger partial charge on any atom is 0.349 e. The number of hydrogen-bond acceptors (Lipinski definition) is 6. The largest absolute Gasteiger partial charge is 0.497 e. The summed E-state index contributed by atoms with van der Waals surface area (Å²) in [6.45, 7) is 0. The van der Waals surface area contributed by atoms with Crippen LogP contribution in [0.1, 0.15) is 10.4 Å². The Morgan fingerprint density at radius 3 is 2.72 bits per heavy atom. The normalized spacial score (nSPS) is 10.4. The molecule has 0 aliphatic heterocycles. The molecule has 2 aromatic carbocycles. The van der Waals surface area contributed by atoms with Gasteiger partial charge in [-0.2, -0.15) is 0 Å². The van der Waals surface area contributed by atoms with E-state index in [2.05, 4.69) is 5.32 Å². The van der Waals surface area contributed by atoms with E-state index in [-0.39, 0.29) is 22.5 Å². The van der Waals surface area contributed by atoms with E-state index in [0.717, 1.165) is 0 Å². The number of methoxy groups -OCH3 is 1. The Morgan fingerprint density at radius 2 is 2.00 bits per heavy atom. The number of hydrogen-bond donors (Lipinski definition) is 1. The van der Waals surface area contributed by atoms with Crippen LogP contribution in [0.4, 0.5) is 11.4 Å². The van der Waals surface area contributed by atoms with Gasteiger partial charge in [-0.3, -0.25) is 14.9 Å². The number of benzene rings is 2. The number of anilines is 1. The number of rotatable bonds is 4. The van der Waals surface area contributed by atoms with Crippen molar-refractivity contribution in [2.24, 2.45) is 0 Å². The minimum absolute atomic E-state index is 0.171. The highest BCUT2D eigenvalue weighted by atomic mass is 16.6. The highest BCUT2D eigenvalue weighted by Gasteiger charge is 2.15. The van der Waals surface area contributed by atoms with Crippen LogP contribution < -0.4 is 15.7 Å². The Balaban J connectivity index is 1.94. The topological polar surface area (TPSA) is 112 Å². The lowest BCUT2D eigenvalue weighted by molar-refractivity contribution is -0.384. The van der Waals surface area contributed by atoms with Crippen molar-refractivity contribution in [3.63, 3.8) is 0 Å². The van der Waals surface area contributed by atoms with Crippen LogP contribution in [-0.2, 0) is 0 Å². The first-order valence-electron chi connectivity index (χ1n) is 7.15. The summed E-state index contributed by atoms with van der Waals surface area (Å²) in [7, 11) is 1.49. The highest BCUT2D eigenvalue weighted by molar-refractivity contribution is 6.05. The Labute approximate surface area is 140 Å². The van der Waals surface area contributed by atoms with Crippen molar-refractivity contribution in [3.8, 4) is 5.75 Å². The lowest BCUT2D eigenvalue weighted by Crippen LogP contribution is -2.20. The van der Waals surface area contributed by atoms with Crippen molar-refractivity contribution in [2.75, 3.05) is 12.4 Å². The number of ether oxygens (including phenoxy) is 1. The molecule has 0 aliphatic carbocycles. The monoisotopic (exact) mass is 340 g/mol. The summed E-state index contributed by atoms with van der Waals surface area (Å²) in [5.41, 5.74) is -0.701. The van der Waals surface area contributed by atoms with E-state index >= 15 is 0 Å². The van der Waals surface area contributed by atoms with Gasteiger partial charge < -0.3 is 14.5 Å². The first-order valence-corrected chi connectivity index (χ1v) is 7.15. The number of nitrogens with zero attached hydrogens (tertiary/aromatic N) is 1. The van der Waals surface area contributed by atoms with E-state index in [9.17, 15) is 19.7 Å². The van der Waals surface area contributed by atoms with Gasteiger partial charge in [0.25, 0.3) is 11.6 Å². The quantitative estimate of drug-likeness (QED) is 0.444. The maximum absolute atomic E-state index is 12.3. The predicted octanol–water partition coefficient (Wildman–Crippen LogP) is 2.96. The molecule has 3 aromatic rings. The van der Waals surface area contributed by atoms with Gasteiger partial charge >= 0.3 is 5.63 Å². The van der Waals surface area contributed by atoms with E-state index in [0.29, 0.717) is 11.1 Å². The fraction of sp³-hybridized carbons (Fsp3) is 0.0588. The number of non-ortho nitro benzene ring substituents is 1. The molecule has 0 fully saturated rings. The van der Waals surface area contributed by atoms with Crippen molar-refractivity contribution in [2.45, 2.75) is 0 Å². The molecule has 0 spiro atoms. The third-order valence-corrected chi connectivity index (χ3v) is 3.50. The van der Waals surface area contributed by atoms with Gasteiger partial charge in [0.1, 0.15) is 16.9 Å². The molecule has 1 amide bonds. The summed E-state index contributed by atoms with van der Waals surface area (Å²) in [5.74, 6) is -0.198. The van der Waals surface area contributed by atoms with Gasteiger partial charge in [0, 0.05) is 29.3 Å². The Hall–Kier alpha value is -3.68. The summed E-state index contributed by atoms with van der Waals surface area (Å²) >= 11 is 0. The number of nitrogens with one attached hydrogen (secondary N) is 1.